The molecule has 3 heterocycles. The Morgan fingerprint density at radius 2 is 2.21 bits per heavy atom. The van der Waals surface area contributed by atoms with Crippen LogP contribution in [0.4, 0.5) is 4.79 Å². The van der Waals surface area contributed by atoms with Crippen molar-refractivity contribution in [2.24, 2.45) is 0 Å². The molecule has 0 aromatic carbocycles. The first kappa shape index (κ1) is 17.0. The summed E-state index contributed by atoms with van der Waals surface area (Å²) in [7, 11) is 0. The molecule has 1 aliphatic heterocycles. The van der Waals surface area contributed by atoms with Crippen molar-refractivity contribution < 1.29 is 9.21 Å². The van der Waals surface area contributed by atoms with Crippen LogP contribution in [0.15, 0.2) is 28.0 Å². The second-order valence-electron chi connectivity index (χ2n) is 6.46. The van der Waals surface area contributed by atoms with E-state index in [1.807, 2.05) is 37.3 Å². The van der Waals surface area contributed by atoms with Crippen molar-refractivity contribution in [3.63, 3.8) is 0 Å². The molecule has 24 heavy (non-hydrogen) atoms. The number of rotatable bonds is 5. The molecular weight excluding hydrogens is 322 g/mol. The van der Waals surface area contributed by atoms with Gasteiger partial charge in [-0.1, -0.05) is 0 Å². The molecule has 0 spiro atoms. The quantitative estimate of drug-likeness (QED) is 0.871. The monoisotopic (exact) mass is 347 g/mol. The maximum absolute atomic E-state index is 12.1. The lowest BCUT2D eigenvalue weighted by Crippen LogP contribution is -2.46. The van der Waals surface area contributed by atoms with E-state index in [-0.39, 0.29) is 12.1 Å². The lowest BCUT2D eigenvalue weighted by Gasteiger charge is -2.32. The van der Waals surface area contributed by atoms with E-state index in [0.29, 0.717) is 12.6 Å². The van der Waals surface area contributed by atoms with Crippen LogP contribution in [0.1, 0.15) is 41.9 Å². The highest BCUT2D eigenvalue weighted by atomic mass is 32.1. The number of carbonyl (C=O) groups excluding carboxylic acids is 1. The fourth-order valence-corrected chi connectivity index (χ4v) is 3.91. The predicted molar refractivity (Wildman–Crippen MR) is 96.3 cm³/mol. The number of nitrogens with zero attached hydrogens (tertiary/aromatic N) is 1. The number of furan rings is 1. The Morgan fingerprint density at radius 1 is 1.38 bits per heavy atom. The standard InChI is InChI=1S/C18H25N3O2S/c1-12(21-8-6-17-15(11-21)7-9-24-17)10-19-18(22)20-14(3)16-5-4-13(2)23-16/h4-5,7,9,12,14H,6,8,10-11H2,1-3H3,(H2,19,20,22)/t12-,14+/m0/s1. The Hall–Kier alpha value is -1.79. The molecule has 0 radical (unpaired) electrons. The third-order valence-electron chi connectivity index (χ3n) is 4.55. The lowest BCUT2D eigenvalue weighted by atomic mass is 10.1. The number of amides is 2. The number of aryl methyl sites for hydroxylation is 1. The van der Waals surface area contributed by atoms with Crippen LogP contribution in [0.25, 0.3) is 0 Å². The first-order chi connectivity index (χ1) is 11.5. The van der Waals surface area contributed by atoms with Gasteiger partial charge in [0, 0.05) is 30.6 Å². The van der Waals surface area contributed by atoms with Gasteiger partial charge in [0.25, 0.3) is 0 Å². The zero-order valence-electron chi connectivity index (χ0n) is 14.5. The zero-order valence-corrected chi connectivity index (χ0v) is 15.3. The van der Waals surface area contributed by atoms with Crippen molar-refractivity contribution in [3.05, 3.63) is 45.5 Å². The first-order valence-corrected chi connectivity index (χ1v) is 9.31. The number of hydrogen-bond acceptors (Lipinski definition) is 4. The Balaban J connectivity index is 1.44. The highest BCUT2D eigenvalue weighted by molar-refractivity contribution is 7.10. The second-order valence-corrected chi connectivity index (χ2v) is 7.46. The summed E-state index contributed by atoms with van der Waals surface area (Å²) in [5, 5.41) is 8.06. The van der Waals surface area contributed by atoms with Gasteiger partial charge in [0.1, 0.15) is 11.5 Å². The smallest absolute Gasteiger partial charge is 0.315 e. The largest absolute Gasteiger partial charge is 0.464 e. The van der Waals surface area contributed by atoms with E-state index in [4.69, 9.17) is 4.42 Å². The molecule has 0 saturated carbocycles. The molecule has 0 aliphatic carbocycles. The number of thiophene rings is 1. The van der Waals surface area contributed by atoms with Crippen LogP contribution in [0, 0.1) is 6.92 Å². The summed E-state index contributed by atoms with van der Waals surface area (Å²) in [4.78, 5) is 16.0. The van der Waals surface area contributed by atoms with Crippen molar-refractivity contribution in [3.8, 4) is 0 Å². The lowest BCUT2D eigenvalue weighted by molar-refractivity contribution is 0.185. The molecule has 2 amide bonds. The molecule has 6 heteroatoms. The summed E-state index contributed by atoms with van der Waals surface area (Å²) in [6.45, 7) is 8.65. The molecule has 2 aromatic heterocycles. The minimum atomic E-state index is -0.156. The third-order valence-corrected chi connectivity index (χ3v) is 5.58. The number of carbonyl (C=O) groups is 1. The van der Waals surface area contributed by atoms with E-state index >= 15 is 0 Å². The van der Waals surface area contributed by atoms with Gasteiger partial charge in [0.05, 0.1) is 6.04 Å². The molecule has 0 saturated heterocycles. The van der Waals surface area contributed by atoms with E-state index in [1.165, 1.54) is 10.4 Å². The van der Waals surface area contributed by atoms with E-state index in [9.17, 15) is 4.79 Å². The van der Waals surface area contributed by atoms with Crippen LogP contribution in [0.3, 0.4) is 0 Å². The maximum Gasteiger partial charge on any atom is 0.315 e. The Labute approximate surface area is 147 Å². The molecule has 0 bridgehead atoms. The summed E-state index contributed by atoms with van der Waals surface area (Å²) in [6.07, 6.45) is 1.11. The van der Waals surface area contributed by atoms with Crippen LogP contribution < -0.4 is 10.6 Å². The highest BCUT2D eigenvalue weighted by Crippen LogP contribution is 2.25. The van der Waals surface area contributed by atoms with Gasteiger partial charge in [-0.2, -0.15) is 0 Å². The van der Waals surface area contributed by atoms with Crippen LogP contribution in [-0.4, -0.2) is 30.1 Å². The second kappa shape index (κ2) is 7.40. The van der Waals surface area contributed by atoms with Crippen molar-refractivity contribution in [1.82, 2.24) is 15.5 Å². The van der Waals surface area contributed by atoms with Gasteiger partial charge in [-0.05, 0) is 56.3 Å². The van der Waals surface area contributed by atoms with E-state index in [1.54, 1.807) is 0 Å². The Bertz CT molecular complexity index is 694. The first-order valence-electron chi connectivity index (χ1n) is 8.43. The molecule has 130 valence electrons. The molecular formula is C18H25N3O2S. The molecule has 1 aliphatic rings. The summed E-state index contributed by atoms with van der Waals surface area (Å²) in [5.41, 5.74) is 1.43. The maximum atomic E-state index is 12.1. The Morgan fingerprint density at radius 3 is 2.96 bits per heavy atom. The molecule has 0 unspecified atom stereocenters. The summed E-state index contributed by atoms with van der Waals surface area (Å²) < 4.78 is 5.54. The van der Waals surface area contributed by atoms with Gasteiger partial charge in [-0.3, -0.25) is 4.90 Å². The van der Waals surface area contributed by atoms with Crippen molar-refractivity contribution in [2.45, 2.75) is 45.8 Å². The highest BCUT2D eigenvalue weighted by Gasteiger charge is 2.22. The summed E-state index contributed by atoms with van der Waals surface area (Å²) in [5.74, 6) is 1.63. The SMILES string of the molecule is Cc1ccc([C@@H](C)NC(=O)NC[C@H](C)N2CCc3sccc3C2)o1. The minimum absolute atomic E-state index is 0.141. The number of urea groups is 1. The van der Waals surface area contributed by atoms with Crippen molar-refractivity contribution >= 4 is 17.4 Å². The van der Waals surface area contributed by atoms with Gasteiger partial charge in [0.15, 0.2) is 0 Å². The van der Waals surface area contributed by atoms with Crippen molar-refractivity contribution in [2.75, 3.05) is 13.1 Å². The fourth-order valence-electron chi connectivity index (χ4n) is 3.02. The average molecular weight is 347 g/mol. The van der Waals surface area contributed by atoms with Gasteiger partial charge >= 0.3 is 6.03 Å². The zero-order chi connectivity index (χ0) is 17.1. The van der Waals surface area contributed by atoms with E-state index < -0.39 is 0 Å². The number of fused-ring (bicyclic) bond motifs is 1. The van der Waals surface area contributed by atoms with Crippen LogP contribution in [-0.2, 0) is 13.0 Å². The molecule has 2 aromatic rings. The number of nitrogens with one attached hydrogen (secondary N) is 2. The normalized spacial score (nSPS) is 17.1. The van der Waals surface area contributed by atoms with Gasteiger partial charge < -0.3 is 15.1 Å². The van der Waals surface area contributed by atoms with Crippen molar-refractivity contribution in [1.29, 1.82) is 0 Å². The molecule has 2 N–H and O–H groups in total. The third kappa shape index (κ3) is 3.99. The van der Waals surface area contributed by atoms with Crippen LogP contribution in [0.5, 0.6) is 0 Å². The molecule has 5 nitrogen and oxygen atoms in total. The van der Waals surface area contributed by atoms with Crippen LogP contribution >= 0.6 is 11.3 Å². The molecule has 2 atom stereocenters. The van der Waals surface area contributed by atoms with Crippen LogP contribution in [0.2, 0.25) is 0 Å². The fraction of sp³-hybridized carbons (Fsp3) is 0.500. The summed E-state index contributed by atoms with van der Waals surface area (Å²) in [6, 6.07) is 6.03. The Kier molecular flexibility index (Phi) is 5.26. The molecule has 0 fully saturated rings. The van der Waals surface area contributed by atoms with Gasteiger partial charge in [-0.25, -0.2) is 4.79 Å². The molecule has 3 rings (SSSR count). The van der Waals surface area contributed by atoms with E-state index in [0.717, 1.165) is 31.0 Å². The number of hydrogen-bond donors (Lipinski definition) is 2. The summed E-state index contributed by atoms with van der Waals surface area (Å²) >= 11 is 1.85. The van der Waals surface area contributed by atoms with Gasteiger partial charge in [0.2, 0.25) is 0 Å². The predicted octanol–water partition coefficient (Wildman–Crippen LogP) is 3.46. The topological polar surface area (TPSA) is 57.5 Å². The minimum Gasteiger partial charge on any atom is -0.464 e. The average Bonchev–Trinajstić information content (AvgIpc) is 3.20. The van der Waals surface area contributed by atoms with Gasteiger partial charge in [-0.15, -0.1) is 11.3 Å². The van der Waals surface area contributed by atoms with E-state index in [2.05, 4.69) is 33.9 Å².